The predicted octanol–water partition coefficient (Wildman–Crippen LogP) is -0.156. The lowest BCUT2D eigenvalue weighted by atomic mass is 10.1. The molecule has 0 atom stereocenters. The summed E-state index contributed by atoms with van der Waals surface area (Å²) in [7, 11) is 1.68. The Morgan fingerprint density at radius 2 is 1.94 bits per heavy atom. The minimum Gasteiger partial charge on any atom is -0.316 e. The summed E-state index contributed by atoms with van der Waals surface area (Å²) in [5, 5.41) is 13.6. The topological polar surface area (TPSA) is 121 Å². The second kappa shape index (κ2) is 4.41. The van der Waals surface area contributed by atoms with E-state index < -0.39 is 16.0 Å². The van der Waals surface area contributed by atoms with E-state index in [0.29, 0.717) is 17.6 Å². The molecule has 0 saturated carbocycles. The highest BCUT2D eigenvalue weighted by Gasteiger charge is 2.13. The van der Waals surface area contributed by atoms with E-state index in [4.69, 9.17) is 0 Å². The van der Waals surface area contributed by atoms with Crippen LogP contribution < -0.4 is 16.4 Å². The molecule has 0 spiro atoms. The van der Waals surface area contributed by atoms with Crippen molar-refractivity contribution >= 4 is 16.7 Å². The highest BCUT2D eigenvalue weighted by Crippen LogP contribution is 2.21. The van der Waals surface area contributed by atoms with E-state index in [9.17, 15) is 19.7 Å². The lowest BCUT2D eigenvalue weighted by molar-refractivity contribution is -0.384. The second-order valence-electron chi connectivity index (χ2n) is 3.72. The molecule has 0 bridgehead atoms. The van der Waals surface area contributed by atoms with Crippen LogP contribution in [0, 0.1) is 10.1 Å². The third-order valence-corrected chi connectivity index (χ3v) is 2.48. The molecule has 1 heterocycles. The minimum absolute atomic E-state index is 0.143. The zero-order valence-electron chi connectivity index (χ0n) is 9.44. The van der Waals surface area contributed by atoms with Gasteiger partial charge in [-0.1, -0.05) is 0 Å². The number of benzene rings is 1. The predicted molar refractivity (Wildman–Crippen MR) is 64.6 cm³/mol. The Labute approximate surface area is 99.8 Å². The Bertz CT molecular complexity index is 731. The third kappa shape index (κ3) is 2.00. The average Bonchev–Trinajstić information content (AvgIpc) is 2.31. The molecule has 0 fully saturated rings. The molecule has 18 heavy (non-hydrogen) atoms. The number of non-ortho nitro benzene ring substituents is 1. The summed E-state index contributed by atoms with van der Waals surface area (Å²) in [6.07, 6.45) is 0. The molecule has 1 aromatic heterocycles. The van der Waals surface area contributed by atoms with Gasteiger partial charge in [0, 0.05) is 18.7 Å². The Balaban J connectivity index is 2.85. The number of nitrogens with one attached hydrogen (secondary N) is 3. The minimum atomic E-state index is -0.835. The lowest BCUT2D eigenvalue weighted by Gasteiger charge is -2.05. The fourth-order valence-electron chi connectivity index (χ4n) is 1.72. The van der Waals surface area contributed by atoms with Crippen molar-refractivity contribution in [3.63, 3.8) is 0 Å². The van der Waals surface area contributed by atoms with Gasteiger partial charge in [0.15, 0.2) is 0 Å². The molecule has 2 rings (SSSR count). The quantitative estimate of drug-likeness (QED) is 0.397. The smallest absolute Gasteiger partial charge is 0.314 e. The number of nitrogens with zero attached hydrogens (tertiary/aromatic N) is 1. The van der Waals surface area contributed by atoms with E-state index in [0.717, 1.165) is 0 Å². The highest BCUT2D eigenvalue weighted by molar-refractivity contribution is 5.80. The van der Waals surface area contributed by atoms with E-state index >= 15 is 0 Å². The number of nitro groups is 1. The zero-order chi connectivity index (χ0) is 13.3. The third-order valence-electron chi connectivity index (χ3n) is 2.48. The molecule has 0 aliphatic rings. The van der Waals surface area contributed by atoms with Gasteiger partial charge in [-0.2, -0.15) is 0 Å². The van der Waals surface area contributed by atoms with Gasteiger partial charge in [-0.15, -0.1) is 0 Å². The summed E-state index contributed by atoms with van der Waals surface area (Å²) in [6.45, 7) is 0.333. The Kier molecular flexibility index (Phi) is 2.94. The van der Waals surface area contributed by atoms with E-state index in [2.05, 4.69) is 15.3 Å². The van der Waals surface area contributed by atoms with Crippen molar-refractivity contribution in [3.05, 3.63) is 48.5 Å². The Morgan fingerprint density at radius 1 is 1.28 bits per heavy atom. The van der Waals surface area contributed by atoms with E-state index in [1.54, 1.807) is 7.05 Å². The molecular weight excluding hydrogens is 240 g/mol. The van der Waals surface area contributed by atoms with Crippen LogP contribution in [0.4, 0.5) is 5.69 Å². The van der Waals surface area contributed by atoms with Crippen molar-refractivity contribution < 1.29 is 4.92 Å². The number of rotatable bonds is 3. The van der Waals surface area contributed by atoms with Crippen LogP contribution in [-0.4, -0.2) is 21.9 Å². The van der Waals surface area contributed by atoms with Gasteiger partial charge in [0.1, 0.15) is 0 Å². The maximum Gasteiger partial charge on any atom is 0.314 e. The fraction of sp³-hybridized carbons (Fsp3) is 0.200. The van der Waals surface area contributed by atoms with Gasteiger partial charge in [0.2, 0.25) is 0 Å². The van der Waals surface area contributed by atoms with Crippen LogP contribution in [0.15, 0.2) is 21.7 Å². The SMILES string of the molecule is CNCc1cc([N+](=O)[O-])cc2[nH]c(=O)c(=O)[nH]c12. The van der Waals surface area contributed by atoms with Crippen LogP contribution in [0.25, 0.3) is 11.0 Å². The summed E-state index contributed by atoms with van der Waals surface area (Å²) >= 11 is 0. The van der Waals surface area contributed by atoms with Crippen molar-refractivity contribution in [2.45, 2.75) is 6.54 Å². The first-order valence-electron chi connectivity index (χ1n) is 5.11. The zero-order valence-corrected chi connectivity index (χ0v) is 9.44. The molecule has 0 unspecified atom stereocenters. The van der Waals surface area contributed by atoms with Gasteiger partial charge in [0.25, 0.3) is 5.69 Å². The van der Waals surface area contributed by atoms with Crippen LogP contribution in [-0.2, 0) is 6.54 Å². The van der Waals surface area contributed by atoms with Crippen LogP contribution in [0.3, 0.4) is 0 Å². The molecule has 2 aromatic rings. The van der Waals surface area contributed by atoms with Crippen molar-refractivity contribution in [3.8, 4) is 0 Å². The van der Waals surface area contributed by atoms with E-state index in [1.165, 1.54) is 12.1 Å². The van der Waals surface area contributed by atoms with Gasteiger partial charge in [0.05, 0.1) is 16.0 Å². The first-order valence-corrected chi connectivity index (χ1v) is 5.11. The number of hydrogen-bond donors (Lipinski definition) is 3. The van der Waals surface area contributed by atoms with Crippen molar-refractivity contribution in [2.24, 2.45) is 0 Å². The molecule has 0 aliphatic carbocycles. The van der Waals surface area contributed by atoms with Gasteiger partial charge in [-0.3, -0.25) is 19.7 Å². The van der Waals surface area contributed by atoms with Crippen LogP contribution in [0.5, 0.6) is 0 Å². The largest absolute Gasteiger partial charge is 0.316 e. The van der Waals surface area contributed by atoms with Crippen molar-refractivity contribution in [1.82, 2.24) is 15.3 Å². The lowest BCUT2D eigenvalue weighted by Crippen LogP contribution is -2.29. The summed E-state index contributed by atoms with van der Waals surface area (Å²) in [5.41, 5.74) is -0.601. The van der Waals surface area contributed by atoms with Crippen molar-refractivity contribution in [1.29, 1.82) is 0 Å². The molecular formula is C10H10N4O4. The van der Waals surface area contributed by atoms with Gasteiger partial charge < -0.3 is 15.3 Å². The van der Waals surface area contributed by atoms with E-state index in [1.807, 2.05) is 0 Å². The number of nitro benzene ring substituents is 1. The normalized spacial score (nSPS) is 10.7. The molecule has 8 nitrogen and oxygen atoms in total. The first-order chi connectivity index (χ1) is 8.52. The molecule has 0 saturated heterocycles. The number of aromatic amines is 2. The molecule has 94 valence electrons. The molecule has 0 amide bonds. The highest BCUT2D eigenvalue weighted by atomic mass is 16.6. The molecule has 0 radical (unpaired) electrons. The van der Waals surface area contributed by atoms with Crippen LogP contribution in [0.1, 0.15) is 5.56 Å². The van der Waals surface area contributed by atoms with Gasteiger partial charge >= 0.3 is 11.1 Å². The molecule has 3 N–H and O–H groups in total. The second-order valence-corrected chi connectivity index (χ2v) is 3.72. The molecule has 1 aromatic carbocycles. The average molecular weight is 250 g/mol. The monoisotopic (exact) mass is 250 g/mol. The standard InChI is InChI=1S/C10H10N4O4/c1-11-4-5-2-6(14(17)18)3-7-8(5)13-10(16)9(15)12-7/h2-3,11H,4H2,1H3,(H,12,15)(H,13,16). The number of aromatic nitrogens is 2. The maximum absolute atomic E-state index is 11.3. The number of H-pyrrole nitrogens is 2. The van der Waals surface area contributed by atoms with Gasteiger partial charge in [-0.25, -0.2) is 0 Å². The summed E-state index contributed by atoms with van der Waals surface area (Å²) < 4.78 is 0. The summed E-state index contributed by atoms with van der Waals surface area (Å²) in [6, 6.07) is 2.57. The summed E-state index contributed by atoms with van der Waals surface area (Å²) in [4.78, 5) is 37.4. The summed E-state index contributed by atoms with van der Waals surface area (Å²) in [5.74, 6) is 0. The van der Waals surface area contributed by atoms with Crippen LogP contribution in [0.2, 0.25) is 0 Å². The van der Waals surface area contributed by atoms with E-state index in [-0.39, 0.29) is 11.2 Å². The number of hydrogen-bond acceptors (Lipinski definition) is 5. The molecule has 0 aliphatic heterocycles. The first kappa shape index (κ1) is 12.0. The molecule has 8 heteroatoms. The van der Waals surface area contributed by atoms with Crippen molar-refractivity contribution in [2.75, 3.05) is 7.05 Å². The Morgan fingerprint density at radius 3 is 2.56 bits per heavy atom. The maximum atomic E-state index is 11.3. The van der Waals surface area contributed by atoms with Gasteiger partial charge in [-0.05, 0) is 12.6 Å². The fourth-order valence-corrected chi connectivity index (χ4v) is 1.72. The Hall–Kier alpha value is -2.48. The number of fused-ring (bicyclic) bond motifs is 1. The van der Waals surface area contributed by atoms with Crippen LogP contribution >= 0.6 is 0 Å².